The van der Waals surface area contributed by atoms with Gasteiger partial charge in [-0.05, 0) is 42.8 Å². The molecule has 0 amide bonds. The molecule has 0 spiro atoms. The zero-order chi connectivity index (χ0) is 22.9. The number of alkyl halides is 6. The molecule has 0 bridgehead atoms. The molecule has 170 valence electrons. The van der Waals surface area contributed by atoms with Gasteiger partial charge in [0, 0.05) is 32.4 Å². The van der Waals surface area contributed by atoms with E-state index < -0.39 is 33.9 Å². The molecule has 31 heavy (non-hydrogen) atoms. The van der Waals surface area contributed by atoms with Crippen molar-refractivity contribution in [1.29, 1.82) is 0 Å². The van der Waals surface area contributed by atoms with Crippen molar-refractivity contribution in [2.24, 2.45) is 0 Å². The van der Waals surface area contributed by atoms with Crippen LogP contribution in [0.25, 0.3) is 0 Å². The Kier molecular flexibility index (Phi) is 6.37. The Morgan fingerprint density at radius 1 is 0.871 bits per heavy atom. The SMILES string of the molecule is O=S(=O)(c1ccc(OC(F)(F)F)cc1)N1CCCN(c2ccc(C(F)(F)F)cn2)CC1. The molecule has 6 nitrogen and oxygen atoms in total. The lowest BCUT2D eigenvalue weighted by Gasteiger charge is -2.23. The molecule has 1 aliphatic heterocycles. The van der Waals surface area contributed by atoms with Crippen LogP contribution in [0.15, 0.2) is 47.5 Å². The van der Waals surface area contributed by atoms with Crippen LogP contribution in [-0.4, -0.2) is 50.2 Å². The third-order valence-corrected chi connectivity index (χ3v) is 6.46. The number of anilines is 1. The Labute approximate surface area is 174 Å². The number of hydrogen-bond acceptors (Lipinski definition) is 5. The molecule has 1 aromatic carbocycles. The lowest BCUT2D eigenvalue weighted by atomic mass is 10.2. The minimum absolute atomic E-state index is 0.0336. The Bertz CT molecular complexity index is 992. The number of halogens is 6. The van der Waals surface area contributed by atoms with Gasteiger partial charge < -0.3 is 9.64 Å². The second-order valence-corrected chi connectivity index (χ2v) is 8.60. The molecule has 0 radical (unpaired) electrons. The third-order valence-electron chi connectivity index (χ3n) is 4.55. The summed E-state index contributed by atoms with van der Waals surface area (Å²) in [7, 11) is -3.98. The van der Waals surface area contributed by atoms with Crippen molar-refractivity contribution in [2.75, 3.05) is 31.1 Å². The van der Waals surface area contributed by atoms with E-state index in [9.17, 15) is 34.8 Å². The van der Waals surface area contributed by atoms with Crippen LogP contribution < -0.4 is 9.64 Å². The number of pyridine rings is 1. The molecule has 1 saturated heterocycles. The van der Waals surface area contributed by atoms with Crippen molar-refractivity contribution in [3.8, 4) is 5.75 Å². The Morgan fingerprint density at radius 2 is 1.55 bits per heavy atom. The van der Waals surface area contributed by atoms with Crippen LogP contribution in [0, 0.1) is 0 Å². The van der Waals surface area contributed by atoms with Crippen LogP contribution in [0.2, 0.25) is 0 Å². The molecule has 3 rings (SSSR count). The van der Waals surface area contributed by atoms with Crippen LogP contribution in [0.1, 0.15) is 12.0 Å². The minimum Gasteiger partial charge on any atom is -0.406 e. The van der Waals surface area contributed by atoms with Gasteiger partial charge in [-0.1, -0.05) is 0 Å². The van der Waals surface area contributed by atoms with E-state index in [1.165, 1.54) is 10.4 Å². The van der Waals surface area contributed by atoms with Crippen molar-refractivity contribution >= 4 is 15.8 Å². The van der Waals surface area contributed by atoms with E-state index in [-0.39, 0.29) is 24.5 Å². The van der Waals surface area contributed by atoms with Gasteiger partial charge in [0.05, 0.1) is 10.5 Å². The van der Waals surface area contributed by atoms with Crippen LogP contribution in [0.5, 0.6) is 5.75 Å². The molecule has 1 aliphatic rings. The van der Waals surface area contributed by atoms with E-state index >= 15 is 0 Å². The number of nitrogens with zero attached hydrogens (tertiary/aromatic N) is 3. The largest absolute Gasteiger partial charge is 0.573 e. The van der Waals surface area contributed by atoms with Gasteiger partial charge in [-0.15, -0.1) is 13.2 Å². The lowest BCUT2D eigenvalue weighted by molar-refractivity contribution is -0.274. The Morgan fingerprint density at radius 3 is 2.10 bits per heavy atom. The maximum Gasteiger partial charge on any atom is 0.573 e. The zero-order valence-electron chi connectivity index (χ0n) is 15.8. The quantitative estimate of drug-likeness (QED) is 0.636. The predicted octanol–water partition coefficient (Wildman–Crippen LogP) is 3.90. The van der Waals surface area contributed by atoms with E-state index in [0.29, 0.717) is 18.8 Å². The van der Waals surface area contributed by atoms with Gasteiger partial charge in [-0.25, -0.2) is 13.4 Å². The van der Waals surface area contributed by atoms with Gasteiger partial charge in [0.15, 0.2) is 0 Å². The zero-order valence-corrected chi connectivity index (χ0v) is 16.6. The second kappa shape index (κ2) is 8.54. The van der Waals surface area contributed by atoms with Gasteiger partial charge in [-0.3, -0.25) is 0 Å². The molecule has 0 unspecified atom stereocenters. The first-order chi connectivity index (χ1) is 14.4. The van der Waals surface area contributed by atoms with Crippen molar-refractivity contribution in [1.82, 2.24) is 9.29 Å². The molecule has 2 heterocycles. The molecule has 0 saturated carbocycles. The van der Waals surface area contributed by atoms with E-state index in [0.717, 1.165) is 36.5 Å². The molecule has 0 atom stereocenters. The maximum absolute atomic E-state index is 12.8. The van der Waals surface area contributed by atoms with Crippen LogP contribution >= 0.6 is 0 Å². The highest BCUT2D eigenvalue weighted by molar-refractivity contribution is 7.89. The number of ether oxygens (including phenoxy) is 1. The molecule has 2 aromatic rings. The summed E-state index contributed by atoms with van der Waals surface area (Å²) in [5, 5.41) is 0. The topological polar surface area (TPSA) is 62.7 Å². The molecule has 1 fully saturated rings. The van der Waals surface area contributed by atoms with E-state index in [1.807, 2.05) is 0 Å². The number of aromatic nitrogens is 1. The molecular formula is C18H17F6N3O3S. The van der Waals surface area contributed by atoms with Crippen molar-refractivity contribution < 1.29 is 39.5 Å². The summed E-state index contributed by atoms with van der Waals surface area (Å²) in [5.41, 5.74) is -0.881. The highest BCUT2D eigenvalue weighted by Crippen LogP contribution is 2.30. The first kappa shape index (κ1) is 23.1. The van der Waals surface area contributed by atoms with Gasteiger partial charge in [0.25, 0.3) is 0 Å². The highest BCUT2D eigenvalue weighted by Gasteiger charge is 2.33. The number of sulfonamides is 1. The normalized spacial score (nSPS) is 16.8. The highest BCUT2D eigenvalue weighted by atomic mass is 32.2. The summed E-state index contributed by atoms with van der Waals surface area (Å²) in [6, 6.07) is 6.01. The number of rotatable bonds is 4. The number of benzene rings is 1. The van der Waals surface area contributed by atoms with Crippen molar-refractivity contribution in [2.45, 2.75) is 23.9 Å². The predicted molar refractivity (Wildman–Crippen MR) is 98.0 cm³/mol. The third kappa shape index (κ3) is 5.79. The average molecular weight is 469 g/mol. The van der Waals surface area contributed by atoms with Crippen molar-refractivity contribution in [3.05, 3.63) is 48.2 Å². The average Bonchev–Trinajstić information content (AvgIpc) is 2.93. The first-order valence-corrected chi connectivity index (χ1v) is 10.4. The maximum atomic E-state index is 12.8. The second-order valence-electron chi connectivity index (χ2n) is 6.67. The summed E-state index contributed by atoms with van der Waals surface area (Å²) in [5.74, 6) is -0.247. The smallest absolute Gasteiger partial charge is 0.406 e. The van der Waals surface area contributed by atoms with Crippen LogP contribution in [-0.2, 0) is 16.2 Å². The standard InChI is InChI=1S/C18H17F6N3O3S/c19-17(20,21)13-2-7-16(25-12-13)26-8-1-9-27(11-10-26)31(28,29)15-5-3-14(4-6-15)30-18(22,23)24/h2-7,12H,1,8-11H2. The summed E-state index contributed by atoms with van der Waals surface area (Å²) in [6.07, 6.45) is -8.28. The lowest BCUT2D eigenvalue weighted by Crippen LogP contribution is -2.35. The van der Waals surface area contributed by atoms with E-state index in [2.05, 4.69) is 9.72 Å². The van der Waals surface area contributed by atoms with Gasteiger partial charge in [0.2, 0.25) is 10.0 Å². The fourth-order valence-corrected chi connectivity index (χ4v) is 4.54. The van der Waals surface area contributed by atoms with Crippen LogP contribution in [0.3, 0.4) is 0 Å². The van der Waals surface area contributed by atoms with E-state index in [1.54, 1.807) is 4.90 Å². The summed E-state index contributed by atoms with van der Waals surface area (Å²) in [4.78, 5) is 5.31. The number of hydrogen-bond donors (Lipinski definition) is 0. The molecular weight excluding hydrogens is 452 g/mol. The summed E-state index contributed by atoms with van der Waals surface area (Å²) < 4.78 is 105. The van der Waals surface area contributed by atoms with Crippen molar-refractivity contribution in [3.63, 3.8) is 0 Å². The van der Waals surface area contributed by atoms with Crippen LogP contribution in [0.4, 0.5) is 32.2 Å². The van der Waals surface area contributed by atoms with Gasteiger partial charge in [0.1, 0.15) is 11.6 Å². The molecule has 13 heteroatoms. The van der Waals surface area contributed by atoms with Gasteiger partial charge in [-0.2, -0.15) is 17.5 Å². The molecule has 1 aromatic heterocycles. The Hall–Kier alpha value is -2.54. The molecule has 0 aliphatic carbocycles. The summed E-state index contributed by atoms with van der Waals surface area (Å²) >= 11 is 0. The summed E-state index contributed by atoms with van der Waals surface area (Å²) in [6.45, 7) is 0.738. The Balaban J connectivity index is 1.69. The monoisotopic (exact) mass is 469 g/mol. The fraction of sp³-hybridized carbons (Fsp3) is 0.389. The van der Waals surface area contributed by atoms with E-state index in [4.69, 9.17) is 0 Å². The fourth-order valence-electron chi connectivity index (χ4n) is 3.07. The first-order valence-electron chi connectivity index (χ1n) is 9.00. The van der Waals surface area contributed by atoms with Gasteiger partial charge >= 0.3 is 12.5 Å². The molecule has 0 N–H and O–H groups in total. The minimum atomic E-state index is -4.89.